The Morgan fingerprint density at radius 2 is 1.90 bits per heavy atom. The molecule has 0 amide bonds. The van der Waals surface area contributed by atoms with Crippen LogP contribution in [0.25, 0.3) is 11.4 Å². The molecule has 0 aliphatic rings. The van der Waals surface area contributed by atoms with Crippen LogP contribution in [0.2, 0.25) is 5.02 Å². The van der Waals surface area contributed by atoms with Gasteiger partial charge in [0, 0.05) is 17.0 Å². The van der Waals surface area contributed by atoms with Crippen LogP contribution in [0, 0.1) is 0 Å². The molecule has 0 aliphatic heterocycles. The Labute approximate surface area is 175 Å². The molecular formula is C20H22ClN3O4S. The van der Waals surface area contributed by atoms with Crippen molar-refractivity contribution in [2.24, 2.45) is 0 Å². The van der Waals surface area contributed by atoms with Crippen LogP contribution in [0.1, 0.15) is 32.2 Å². The molecule has 1 heterocycles. The molecule has 0 radical (unpaired) electrons. The van der Waals surface area contributed by atoms with Crippen molar-refractivity contribution in [3.63, 3.8) is 0 Å². The zero-order valence-electron chi connectivity index (χ0n) is 16.6. The highest BCUT2D eigenvalue weighted by Gasteiger charge is 2.25. The number of hydrogen-bond acceptors (Lipinski definition) is 6. The van der Waals surface area contributed by atoms with Crippen molar-refractivity contribution in [3.8, 4) is 17.1 Å². The summed E-state index contributed by atoms with van der Waals surface area (Å²) in [6, 6.07) is 11.5. The fourth-order valence-electron chi connectivity index (χ4n) is 2.56. The first-order chi connectivity index (χ1) is 13.6. The van der Waals surface area contributed by atoms with E-state index in [1.54, 1.807) is 30.3 Å². The summed E-state index contributed by atoms with van der Waals surface area (Å²) in [5, 5.41) is 4.48. The quantitative estimate of drug-likeness (QED) is 0.624. The highest BCUT2D eigenvalue weighted by atomic mass is 35.5. The number of benzene rings is 2. The number of hydrogen-bond donors (Lipinski definition) is 1. The van der Waals surface area contributed by atoms with Crippen LogP contribution < -0.4 is 9.46 Å². The summed E-state index contributed by atoms with van der Waals surface area (Å²) < 4.78 is 38.9. The zero-order valence-corrected chi connectivity index (χ0v) is 18.1. The van der Waals surface area contributed by atoms with E-state index in [4.69, 9.17) is 20.9 Å². The summed E-state index contributed by atoms with van der Waals surface area (Å²) in [5.74, 6) is 1.14. The third-order valence-electron chi connectivity index (χ3n) is 4.20. The first-order valence-corrected chi connectivity index (χ1v) is 10.7. The molecule has 0 bridgehead atoms. The number of methoxy groups -OCH3 is 1. The molecule has 29 heavy (non-hydrogen) atoms. The van der Waals surface area contributed by atoms with Crippen LogP contribution in [0.15, 0.2) is 51.9 Å². The maximum Gasteiger partial charge on any atom is 0.240 e. The minimum Gasteiger partial charge on any atom is -0.496 e. The molecule has 1 aromatic heterocycles. The highest BCUT2D eigenvalue weighted by molar-refractivity contribution is 7.89. The second kappa shape index (κ2) is 8.14. The molecule has 0 spiro atoms. The van der Waals surface area contributed by atoms with E-state index in [0.717, 1.165) is 0 Å². The van der Waals surface area contributed by atoms with Gasteiger partial charge in [-0.3, -0.25) is 0 Å². The Balaban J connectivity index is 1.93. The van der Waals surface area contributed by atoms with Gasteiger partial charge >= 0.3 is 0 Å². The van der Waals surface area contributed by atoms with E-state index in [2.05, 4.69) is 14.9 Å². The van der Waals surface area contributed by atoms with E-state index in [0.29, 0.717) is 27.8 Å². The molecular weight excluding hydrogens is 414 g/mol. The van der Waals surface area contributed by atoms with E-state index in [1.807, 2.05) is 20.8 Å². The van der Waals surface area contributed by atoms with Crippen LogP contribution in [0.5, 0.6) is 5.75 Å². The van der Waals surface area contributed by atoms with Gasteiger partial charge in [-0.1, -0.05) is 55.7 Å². The van der Waals surface area contributed by atoms with E-state index in [-0.39, 0.29) is 22.7 Å². The van der Waals surface area contributed by atoms with E-state index in [9.17, 15) is 8.42 Å². The summed E-state index contributed by atoms with van der Waals surface area (Å²) in [7, 11) is -2.31. The minimum absolute atomic E-state index is 0.0578. The fourth-order valence-corrected chi connectivity index (χ4v) is 3.80. The summed E-state index contributed by atoms with van der Waals surface area (Å²) in [6.07, 6.45) is 0. The third kappa shape index (κ3) is 4.77. The molecule has 0 saturated carbocycles. The predicted molar refractivity (Wildman–Crippen MR) is 110 cm³/mol. The predicted octanol–water partition coefficient (Wildman–Crippen LogP) is 4.17. The lowest BCUT2D eigenvalue weighted by Gasteiger charge is -2.11. The van der Waals surface area contributed by atoms with Crippen LogP contribution in [0.4, 0.5) is 0 Å². The Bertz CT molecular complexity index is 1120. The van der Waals surface area contributed by atoms with Crippen molar-refractivity contribution in [2.45, 2.75) is 37.6 Å². The number of rotatable bonds is 6. The molecule has 2 aromatic carbocycles. The van der Waals surface area contributed by atoms with Gasteiger partial charge in [-0.15, -0.1) is 0 Å². The topological polar surface area (TPSA) is 94.3 Å². The second-order valence-electron chi connectivity index (χ2n) is 7.45. The molecule has 0 saturated heterocycles. The van der Waals surface area contributed by atoms with Gasteiger partial charge in [-0.2, -0.15) is 4.98 Å². The minimum atomic E-state index is -3.80. The zero-order chi connectivity index (χ0) is 21.2. The summed E-state index contributed by atoms with van der Waals surface area (Å²) in [5.41, 5.74) is 0.769. The van der Waals surface area contributed by atoms with Gasteiger partial charge in [-0.05, 0) is 29.8 Å². The van der Waals surface area contributed by atoms with Crippen molar-refractivity contribution in [2.75, 3.05) is 7.11 Å². The number of nitrogens with zero attached hydrogens (tertiary/aromatic N) is 2. The summed E-state index contributed by atoms with van der Waals surface area (Å²) >= 11 is 6.10. The molecule has 7 nitrogen and oxygen atoms in total. The average Bonchev–Trinajstić information content (AvgIpc) is 3.17. The van der Waals surface area contributed by atoms with Crippen LogP contribution in [0.3, 0.4) is 0 Å². The molecule has 3 rings (SSSR count). The Kier molecular flexibility index (Phi) is 5.97. The number of sulfonamides is 1. The lowest BCUT2D eigenvalue weighted by atomic mass is 9.97. The van der Waals surface area contributed by atoms with Gasteiger partial charge in [0.15, 0.2) is 0 Å². The van der Waals surface area contributed by atoms with Crippen molar-refractivity contribution in [1.29, 1.82) is 0 Å². The van der Waals surface area contributed by atoms with Gasteiger partial charge < -0.3 is 9.26 Å². The van der Waals surface area contributed by atoms with E-state index in [1.165, 1.54) is 19.2 Å². The van der Waals surface area contributed by atoms with Crippen molar-refractivity contribution in [1.82, 2.24) is 14.9 Å². The molecule has 0 aliphatic carbocycles. The summed E-state index contributed by atoms with van der Waals surface area (Å²) in [6.45, 7) is 5.91. The third-order valence-corrected chi connectivity index (χ3v) is 5.97. The molecule has 9 heteroatoms. The SMILES string of the molecule is COc1ccc(S(=O)(=O)NCc2ccccc2Cl)cc1-c1noc(C(C)(C)C)n1. The molecule has 154 valence electrons. The maximum atomic E-state index is 12.8. The van der Waals surface area contributed by atoms with Gasteiger partial charge in [0.05, 0.1) is 17.6 Å². The largest absolute Gasteiger partial charge is 0.496 e. The highest BCUT2D eigenvalue weighted by Crippen LogP contribution is 2.32. The number of halogens is 1. The normalized spacial score (nSPS) is 12.2. The Hall–Kier alpha value is -2.42. The maximum absolute atomic E-state index is 12.8. The number of nitrogens with one attached hydrogen (secondary N) is 1. The monoisotopic (exact) mass is 435 g/mol. The van der Waals surface area contributed by atoms with Crippen LogP contribution >= 0.6 is 11.6 Å². The number of ether oxygens (including phenoxy) is 1. The molecule has 3 aromatic rings. The first-order valence-electron chi connectivity index (χ1n) is 8.87. The molecule has 0 atom stereocenters. The fraction of sp³-hybridized carbons (Fsp3) is 0.300. The van der Waals surface area contributed by atoms with Gasteiger partial charge in [-0.25, -0.2) is 13.1 Å². The summed E-state index contributed by atoms with van der Waals surface area (Å²) in [4.78, 5) is 4.46. The lowest BCUT2D eigenvalue weighted by molar-refractivity contribution is 0.321. The van der Waals surface area contributed by atoms with Crippen molar-refractivity contribution in [3.05, 3.63) is 58.9 Å². The van der Waals surface area contributed by atoms with Crippen molar-refractivity contribution < 1.29 is 17.7 Å². The second-order valence-corrected chi connectivity index (χ2v) is 9.63. The Morgan fingerprint density at radius 1 is 1.17 bits per heavy atom. The molecule has 1 N–H and O–H groups in total. The van der Waals surface area contributed by atoms with Crippen molar-refractivity contribution >= 4 is 21.6 Å². The molecule has 0 fully saturated rings. The van der Waals surface area contributed by atoms with E-state index >= 15 is 0 Å². The van der Waals surface area contributed by atoms with Crippen LogP contribution in [-0.4, -0.2) is 25.7 Å². The molecule has 0 unspecified atom stereocenters. The van der Waals surface area contributed by atoms with Gasteiger partial charge in [0.1, 0.15) is 5.75 Å². The average molecular weight is 436 g/mol. The van der Waals surface area contributed by atoms with E-state index < -0.39 is 10.0 Å². The Morgan fingerprint density at radius 3 is 2.52 bits per heavy atom. The lowest BCUT2D eigenvalue weighted by Crippen LogP contribution is -2.23. The smallest absolute Gasteiger partial charge is 0.240 e. The number of aromatic nitrogens is 2. The van der Waals surface area contributed by atoms with Crippen LogP contribution in [-0.2, 0) is 22.0 Å². The van der Waals surface area contributed by atoms with Gasteiger partial charge in [0.2, 0.25) is 21.7 Å². The first kappa shape index (κ1) is 21.3. The van der Waals surface area contributed by atoms with Gasteiger partial charge in [0.25, 0.3) is 0 Å². The standard InChI is InChI=1S/C20H22ClN3O4S/c1-20(2,3)19-23-18(24-28-19)15-11-14(9-10-17(15)27-4)29(25,26)22-12-13-7-5-6-8-16(13)21/h5-11,22H,12H2,1-4H3.